The van der Waals surface area contributed by atoms with E-state index in [1.54, 1.807) is 18.2 Å². The summed E-state index contributed by atoms with van der Waals surface area (Å²) in [4.78, 5) is 29.1. The van der Waals surface area contributed by atoms with Crippen molar-refractivity contribution in [3.8, 4) is 0 Å². The molecule has 1 saturated heterocycles. The van der Waals surface area contributed by atoms with Crippen LogP contribution in [0.2, 0.25) is 0 Å². The third-order valence-electron chi connectivity index (χ3n) is 5.61. The number of halogens is 1. The first-order valence-electron chi connectivity index (χ1n) is 10.6. The minimum atomic E-state index is -0.324. The Morgan fingerprint density at radius 2 is 1.66 bits per heavy atom. The second kappa shape index (κ2) is 9.21. The first kappa shape index (κ1) is 21.5. The number of carbonyl (C=O) groups excluding carboxylic acids is 1. The van der Waals surface area contributed by atoms with Crippen LogP contribution < -0.4 is 20.7 Å². The predicted molar refractivity (Wildman–Crippen MR) is 124 cm³/mol. The fraction of sp³-hybridized carbons (Fsp3) is 0.292. The lowest BCUT2D eigenvalue weighted by atomic mass is 10.1. The van der Waals surface area contributed by atoms with Crippen LogP contribution in [0.25, 0.3) is 0 Å². The van der Waals surface area contributed by atoms with Crippen LogP contribution in [-0.4, -0.2) is 41.9 Å². The topological polar surface area (TPSA) is 70.5 Å². The van der Waals surface area contributed by atoms with Crippen molar-refractivity contribution in [3.05, 3.63) is 81.9 Å². The van der Waals surface area contributed by atoms with Crippen LogP contribution in [0.3, 0.4) is 0 Å². The molecular weight excluding hydrogens is 409 g/mol. The highest BCUT2D eigenvalue weighted by Gasteiger charge is 2.19. The van der Waals surface area contributed by atoms with Crippen molar-refractivity contribution in [1.29, 1.82) is 0 Å². The van der Waals surface area contributed by atoms with Gasteiger partial charge in [-0.25, -0.2) is 9.07 Å². The highest BCUT2D eigenvalue weighted by Crippen LogP contribution is 2.19. The Labute approximate surface area is 186 Å². The Morgan fingerprint density at radius 1 is 0.969 bits per heavy atom. The van der Waals surface area contributed by atoms with Crippen LogP contribution in [0.5, 0.6) is 0 Å². The maximum atomic E-state index is 13.2. The number of carbonyl (C=O) groups is 1. The minimum Gasteiger partial charge on any atom is -0.368 e. The third kappa shape index (κ3) is 4.96. The van der Waals surface area contributed by atoms with Gasteiger partial charge in [0.05, 0.1) is 0 Å². The van der Waals surface area contributed by atoms with Crippen LogP contribution >= 0.6 is 0 Å². The summed E-state index contributed by atoms with van der Waals surface area (Å²) >= 11 is 0. The number of anilines is 3. The van der Waals surface area contributed by atoms with Gasteiger partial charge in [0.15, 0.2) is 0 Å². The maximum Gasteiger partial charge on any atom is 0.267 e. The molecule has 166 valence electrons. The van der Waals surface area contributed by atoms with E-state index in [-0.39, 0.29) is 23.8 Å². The number of aromatic nitrogens is 2. The first-order valence-corrected chi connectivity index (χ1v) is 10.6. The molecule has 1 aliphatic heterocycles. The Bertz CT molecular complexity index is 1170. The molecule has 3 aromatic rings. The van der Waals surface area contributed by atoms with E-state index in [4.69, 9.17) is 0 Å². The third-order valence-corrected chi connectivity index (χ3v) is 5.61. The Hall–Kier alpha value is -3.68. The fourth-order valence-electron chi connectivity index (χ4n) is 3.76. The second-order valence-corrected chi connectivity index (χ2v) is 8.00. The number of nitrogens with one attached hydrogen (secondary N) is 1. The average molecular weight is 436 g/mol. The molecule has 7 nitrogen and oxygen atoms in total. The normalized spacial score (nSPS) is 13.8. The Kier molecular flexibility index (Phi) is 6.20. The fourth-order valence-corrected chi connectivity index (χ4v) is 3.76. The summed E-state index contributed by atoms with van der Waals surface area (Å²) in [5, 5.41) is 7.30. The monoisotopic (exact) mass is 435 g/mol. The van der Waals surface area contributed by atoms with Gasteiger partial charge in [0, 0.05) is 43.6 Å². The molecular formula is C24H26FN5O2. The number of rotatable bonds is 5. The molecule has 1 N–H and O–H groups in total. The molecule has 0 radical (unpaired) electrons. The number of amides is 1. The first-order chi connectivity index (χ1) is 15.4. The standard InChI is InChI=1S/C24H26FN5O2/c1-17-3-4-18(2)21(15-17)26-23(31)16-30-24(32)10-9-22(27-30)29-13-11-28(12-14-29)20-7-5-19(25)6-8-20/h3-10,15H,11-14,16H2,1-2H3,(H,26,31). The van der Waals surface area contributed by atoms with Crippen molar-refractivity contribution in [3.63, 3.8) is 0 Å². The quantitative estimate of drug-likeness (QED) is 0.667. The zero-order chi connectivity index (χ0) is 22.7. The number of nitrogens with zero attached hydrogens (tertiary/aromatic N) is 4. The van der Waals surface area contributed by atoms with Crippen LogP contribution in [0.4, 0.5) is 21.6 Å². The zero-order valence-corrected chi connectivity index (χ0v) is 18.2. The van der Waals surface area contributed by atoms with E-state index in [0.29, 0.717) is 18.9 Å². The van der Waals surface area contributed by atoms with E-state index in [1.807, 2.05) is 32.0 Å². The SMILES string of the molecule is Cc1ccc(C)c(NC(=O)Cn2nc(N3CCN(c4ccc(F)cc4)CC3)ccc2=O)c1. The van der Waals surface area contributed by atoms with Crippen molar-refractivity contribution in [1.82, 2.24) is 9.78 Å². The van der Waals surface area contributed by atoms with Gasteiger partial charge in [0.1, 0.15) is 18.2 Å². The van der Waals surface area contributed by atoms with Gasteiger partial charge in [0.2, 0.25) is 5.91 Å². The number of hydrogen-bond donors (Lipinski definition) is 1. The predicted octanol–water partition coefficient (Wildman–Crippen LogP) is 2.96. The molecule has 1 fully saturated rings. The van der Waals surface area contributed by atoms with Crippen molar-refractivity contribution in [2.45, 2.75) is 20.4 Å². The van der Waals surface area contributed by atoms with Crippen molar-refractivity contribution in [2.75, 3.05) is 41.3 Å². The van der Waals surface area contributed by atoms with Gasteiger partial charge in [-0.15, -0.1) is 0 Å². The molecule has 0 bridgehead atoms. The number of aryl methyl sites for hydroxylation is 2. The summed E-state index contributed by atoms with van der Waals surface area (Å²) in [6.45, 7) is 6.63. The maximum absolute atomic E-state index is 13.2. The minimum absolute atomic E-state index is 0.157. The molecule has 2 aromatic carbocycles. The smallest absolute Gasteiger partial charge is 0.267 e. The molecule has 0 aliphatic carbocycles. The summed E-state index contributed by atoms with van der Waals surface area (Å²) in [6, 6.07) is 15.4. The molecule has 1 aliphatic rings. The molecule has 0 unspecified atom stereocenters. The molecule has 32 heavy (non-hydrogen) atoms. The van der Waals surface area contributed by atoms with Crippen LogP contribution in [0.15, 0.2) is 59.4 Å². The zero-order valence-electron chi connectivity index (χ0n) is 18.2. The van der Waals surface area contributed by atoms with E-state index in [2.05, 4.69) is 20.2 Å². The molecule has 0 saturated carbocycles. The number of hydrogen-bond acceptors (Lipinski definition) is 5. The lowest BCUT2D eigenvalue weighted by Gasteiger charge is -2.36. The Morgan fingerprint density at radius 3 is 2.38 bits per heavy atom. The van der Waals surface area contributed by atoms with Crippen molar-refractivity contribution >= 4 is 23.1 Å². The molecule has 0 atom stereocenters. The summed E-state index contributed by atoms with van der Waals surface area (Å²) in [7, 11) is 0. The van der Waals surface area contributed by atoms with Crippen LogP contribution in [-0.2, 0) is 11.3 Å². The van der Waals surface area contributed by atoms with Gasteiger partial charge in [0.25, 0.3) is 5.56 Å². The molecule has 0 spiro atoms. The molecule has 2 heterocycles. The Balaban J connectivity index is 1.41. The van der Waals surface area contributed by atoms with Crippen LogP contribution in [0.1, 0.15) is 11.1 Å². The summed E-state index contributed by atoms with van der Waals surface area (Å²) in [5.41, 5.74) is 3.39. The van der Waals surface area contributed by atoms with Gasteiger partial charge >= 0.3 is 0 Å². The lowest BCUT2D eigenvalue weighted by Crippen LogP contribution is -2.47. The molecule has 1 amide bonds. The van der Waals surface area contributed by atoms with E-state index < -0.39 is 0 Å². The second-order valence-electron chi connectivity index (χ2n) is 8.00. The van der Waals surface area contributed by atoms with Gasteiger partial charge in [-0.2, -0.15) is 5.10 Å². The highest BCUT2D eigenvalue weighted by molar-refractivity contribution is 5.91. The van der Waals surface area contributed by atoms with E-state index in [0.717, 1.165) is 35.6 Å². The highest BCUT2D eigenvalue weighted by atomic mass is 19.1. The number of piperazine rings is 1. The lowest BCUT2D eigenvalue weighted by molar-refractivity contribution is -0.117. The number of benzene rings is 2. The largest absolute Gasteiger partial charge is 0.368 e. The summed E-state index contributed by atoms with van der Waals surface area (Å²) < 4.78 is 14.4. The summed E-state index contributed by atoms with van der Waals surface area (Å²) in [6.07, 6.45) is 0. The average Bonchev–Trinajstić information content (AvgIpc) is 2.78. The van der Waals surface area contributed by atoms with E-state index >= 15 is 0 Å². The molecule has 4 rings (SSSR count). The summed E-state index contributed by atoms with van der Waals surface area (Å²) in [5.74, 6) is 0.106. The van der Waals surface area contributed by atoms with E-state index in [9.17, 15) is 14.0 Å². The van der Waals surface area contributed by atoms with Gasteiger partial charge in [-0.05, 0) is 61.4 Å². The molecule has 1 aromatic heterocycles. The van der Waals surface area contributed by atoms with Crippen molar-refractivity contribution in [2.24, 2.45) is 0 Å². The van der Waals surface area contributed by atoms with Gasteiger partial charge in [-0.3, -0.25) is 9.59 Å². The van der Waals surface area contributed by atoms with Crippen LogP contribution in [0, 0.1) is 19.7 Å². The van der Waals surface area contributed by atoms with Gasteiger partial charge < -0.3 is 15.1 Å². The van der Waals surface area contributed by atoms with Gasteiger partial charge in [-0.1, -0.05) is 12.1 Å². The van der Waals surface area contributed by atoms with Crippen molar-refractivity contribution < 1.29 is 9.18 Å². The molecule has 8 heteroatoms. The van der Waals surface area contributed by atoms with E-state index in [1.165, 1.54) is 22.9 Å².